The smallest absolute Gasteiger partial charge is 0.328 e. The molecule has 7 nitrogen and oxygen atoms in total. The number of aryl methyl sites for hydroxylation is 1. The predicted molar refractivity (Wildman–Crippen MR) is 93.1 cm³/mol. The van der Waals surface area contributed by atoms with Gasteiger partial charge in [0.05, 0.1) is 5.69 Å². The number of anilines is 2. The Hall–Kier alpha value is -2.32. The Morgan fingerprint density at radius 2 is 2.04 bits per heavy atom. The quantitative estimate of drug-likeness (QED) is 0.753. The third-order valence-corrected chi connectivity index (χ3v) is 4.63. The molecule has 0 spiro atoms. The van der Waals surface area contributed by atoms with Gasteiger partial charge in [0.2, 0.25) is 0 Å². The van der Waals surface area contributed by atoms with E-state index in [0.717, 1.165) is 0 Å². The highest BCUT2D eigenvalue weighted by Gasteiger charge is 2.23. The van der Waals surface area contributed by atoms with Crippen LogP contribution in [-0.2, 0) is 10.0 Å². The van der Waals surface area contributed by atoms with E-state index < -0.39 is 16.1 Å². The molecule has 1 aromatic heterocycles. The lowest BCUT2D eigenvalue weighted by molar-refractivity contribution is 0.246. The zero-order valence-corrected chi connectivity index (χ0v) is 14.7. The molecule has 2 aromatic rings. The molecule has 0 unspecified atom stereocenters. The summed E-state index contributed by atoms with van der Waals surface area (Å²) in [5, 5.41) is 5.90. The molecule has 2 rings (SSSR count). The van der Waals surface area contributed by atoms with Crippen molar-refractivity contribution in [1.29, 1.82) is 0 Å². The Balaban J connectivity index is 2.41. The third-order valence-electron chi connectivity index (χ3n) is 3.05. The fraction of sp³-hybridized carbons (Fsp3) is 0.200. The number of benzene rings is 1. The predicted octanol–water partition coefficient (Wildman–Crippen LogP) is 2.79. The fourth-order valence-electron chi connectivity index (χ4n) is 1.99. The van der Waals surface area contributed by atoms with Crippen LogP contribution >= 0.6 is 11.6 Å². The summed E-state index contributed by atoms with van der Waals surface area (Å²) in [5.74, 6) is 0. The van der Waals surface area contributed by atoms with Crippen molar-refractivity contribution in [2.24, 2.45) is 0 Å². The van der Waals surface area contributed by atoms with E-state index in [1.807, 2.05) is 4.72 Å². The number of rotatable bonds is 5. The van der Waals surface area contributed by atoms with Crippen LogP contribution in [0.2, 0.25) is 5.02 Å². The Morgan fingerprint density at radius 1 is 1.29 bits per heavy atom. The molecule has 0 fully saturated rings. The zero-order chi connectivity index (χ0) is 17.7. The minimum absolute atomic E-state index is 0.131. The van der Waals surface area contributed by atoms with E-state index in [9.17, 15) is 13.2 Å². The standard InChI is InChI=1S/C15H17ClN4O3S/c1-3-18-15(21)20-24(22,23)13-9-17-8-10(2)14(13)19-12-6-4-5-11(16)7-12/h4-9H,3H2,1-2H3,(H,17,19)(H2,18,20,21). The molecule has 24 heavy (non-hydrogen) atoms. The molecular weight excluding hydrogens is 352 g/mol. The molecule has 2 amide bonds. The average molecular weight is 369 g/mol. The van der Waals surface area contributed by atoms with Crippen molar-refractivity contribution in [3.8, 4) is 0 Å². The van der Waals surface area contributed by atoms with E-state index in [2.05, 4.69) is 15.6 Å². The molecule has 0 aliphatic carbocycles. The lowest BCUT2D eigenvalue weighted by Crippen LogP contribution is -2.39. The normalized spacial score (nSPS) is 11.0. The monoisotopic (exact) mass is 368 g/mol. The van der Waals surface area contributed by atoms with Crippen LogP contribution in [-0.4, -0.2) is 26.0 Å². The van der Waals surface area contributed by atoms with Crippen molar-refractivity contribution in [3.05, 3.63) is 47.2 Å². The number of nitrogens with zero attached hydrogens (tertiary/aromatic N) is 1. The largest absolute Gasteiger partial charge is 0.354 e. The van der Waals surface area contributed by atoms with Crippen molar-refractivity contribution < 1.29 is 13.2 Å². The van der Waals surface area contributed by atoms with Gasteiger partial charge >= 0.3 is 6.03 Å². The van der Waals surface area contributed by atoms with Crippen LogP contribution in [0, 0.1) is 6.92 Å². The maximum Gasteiger partial charge on any atom is 0.328 e. The molecule has 1 heterocycles. The average Bonchev–Trinajstić information content (AvgIpc) is 2.49. The summed E-state index contributed by atoms with van der Waals surface area (Å²) in [4.78, 5) is 15.3. The van der Waals surface area contributed by atoms with Crippen LogP contribution < -0.4 is 15.4 Å². The molecule has 3 N–H and O–H groups in total. The van der Waals surface area contributed by atoms with Gasteiger partial charge < -0.3 is 10.6 Å². The lowest BCUT2D eigenvalue weighted by Gasteiger charge is -2.15. The van der Waals surface area contributed by atoms with Gasteiger partial charge in [-0.05, 0) is 37.6 Å². The van der Waals surface area contributed by atoms with Crippen LogP contribution in [0.25, 0.3) is 0 Å². The Bertz CT molecular complexity index is 856. The second-order valence-corrected chi connectivity index (χ2v) is 7.02. The minimum atomic E-state index is -4.09. The van der Waals surface area contributed by atoms with E-state index in [0.29, 0.717) is 28.5 Å². The molecule has 128 valence electrons. The zero-order valence-electron chi connectivity index (χ0n) is 13.1. The van der Waals surface area contributed by atoms with Gasteiger partial charge in [0, 0.05) is 29.6 Å². The summed E-state index contributed by atoms with van der Waals surface area (Å²) in [6.07, 6.45) is 2.71. The number of carbonyl (C=O) groups excluding carboxylic acids is 1. The third kappa shape index (κ3) is 4.36. The van der Waals surface area contributed by atoms with Gasteiger partial charge in [-0.3, -0.25) is 4.98 Å². The Kier molecular flexibility index (Phi) is 5.63. The first-order chi connectivity index (χ1) is 11.3. The van der Waals surface area contributed by atoms with Crippen LogP contribution in [0.1, 0.15) is 12.5 Å². The van der Waals surface area contributed by atoms with E-state index >= 15 is 0 Å². The van der Waals surface area contributed by atoms with Crippen molar-refractivity contribution in [2.45, 2.75) is 18.7 Å². The van der Waals surface area contributed by atoms with Gasteiger partial charge in [0.25, 0.3) is 10.0 Å². The fourth-order valence-corrected chi connectivity index (χ4v) is 3.29. The van der Waals surface area contributed by atoms with Crippen LogP contribution in [0.15, 0.2) is 41.6 Å². The van der Waals surface area contributed by atoms with Crippen molar-refractivity contribution >= 4 is 39.0 Å². The number of aromatic nitrogens is 1. The van der Waals surface area contributed by atoms with Gasteiger partial charge in [0.15, 0.2) is 0 Å². The topological polar surface area (TPSA) is 100 Å². The van der Waals surface area contributed by atoms with E-state index in [4.69, 9.17) is 11.6 Å². The number of urea groups is 1. The van der Waals surface area contributed by atoms with Gasteiger partial charge in [-0.1, -0.05) is 17.7 Å². The van der Waals surface area contributed by atoms with Crippen molar-refractivity contribution in [2.75, 3.05) is 11.9 Å². The van der Waals surface area contributed by atoms with Gasteiger partial charge in [0.1, 0.15) is 4.90 Å². The SMILES string of the molecule is CCNC(=O)NS(=O)(=O)c1cncc(C)c1Nc1cccc(Cl)c1. The van der Waals surface area contributed by atoms with Crippen molar-refractivity contribution in [3.63, 3.8) is 0 Å². The van der Waals surface area contributed by atoms with Crippen molar-refractivity contribution in [1.82, 2.24) is 15.0 Å². The molecule has 0 radical (unpaired) electrons. The Morgan fingerprint density at radius 3 is 2.71 bits per heavy atom. The number of pyridine rings is 1. The first kappa shape index (κ1) is 18.0. The summed E-state index contributed by atoms with van der Waals surface area (Å²) in [7, 11) is -4.09. The van der Waals surface area contributed by atoms with Gasteiger partial charge in [-0.15, -0.1) is 0 Å². The number of halogens is 1. The molecule has 1 aromatic carbocycles. The first-order valence-corrected chi connectivity index (χ1v) is 8.97. The molecule has 0 bridgehead atoms. The molecule has 9 heteroatoms. The minimum Gasteiger partial charge on any atom is -0.354 e. The summed E-state index contributed by atoms with van der Waals surface area (Å²) < 4.78 is 26.9. The summed E-state index contributed by atoms with van der Waals surface area (Å²) >= 11 is 5.95. The maximum absolute atomic E-state index is 12.5. The highest BCUT2D eigenvalue weighted by molar-refractivity contribution is 7.90. The molecule has 0 saturated carbocycles. The number of hydrogen-bond acceptors (Lipinski definition) is 5. The molecule has 0 aliphatic heterocycles. The van der Waals surface area contributed by atoms with E-state index in [1.165, 1.54) is 12.4 Å². The van der Waals surface area contributed by atoms with Crippen LogP contribution in [0.3, 0.4) is 0 Å². The highest BCUT2D eigenvalue weighted by atomic mass is 35.5. The second-order valence-electron chi connectivity index (χ2n) is 4.93. The number of nitrogens with one attached hydrogen (secondary N) is 3. The number of amides is 2. The highest BCUT2D eigenvalue weighted by Crippen LogP contribution is 2.28. The molecule has 0 atom stereocenters. The molecule has 0 aliphatic rings. The summed E-state index contributed by atoms with van der Waals surface area (Å²) in [6.45, 7) is 3.71. The lowest BCUT2D eigenvalue weighted by atomic mass is 10.2. The van der Waals surface area contributed by atoms with E-state index in [-0.39, 0.29) is 4.90 Å². The summed E-state index contributed by atoms with van der Waals surface area (Å²) in [5.41, 5.74) is 1.55. The molecule has 0 saturated heterocycles. The van der Waals surface area contributed by atoms with Crippen LogP contribution in [0.4, 0.5) is 16.2 Å². The number of hydrogen-bond donors (Lipinski definition) is 3. The summed E-state index contributed by atoms with van der Waals surface area (Å²) in [6, 6.07) is 6.06. The molecular formula is C15H17ClN4O3S. The van der Waals surface area contributed by atoms with E-state index in [1.54, 1.807) is 38.1 Å². The first-order valence-electron chi connectivity index (χ1n) is 7.11. The van der Waals surface area contributed by atoms with Gasteiger partial charge in [-0.25, -0.2) is 17.9 Å². The number of sulfonamides is 1. The second kappa shape index (κ2) is 7.50. The Labute approximate surface area is 145 Å². The maximum atomic E-state index is 12.5. The van der Waals surface area contributed by atoms with Crippen LogP contribution in [0.5, 0.6) is 0 Å². The van der Waals surface area contributed by atoms with Gasteiger partial charge in [-0.2, -0.15) is 0 Å². The number of carbonyl (C=O) groups is 1.